The van der Waals surface area contributed by atoms with Crippen LogP contribution in [0.1, 0.15) is 49.8 Å². The van der Waals surface area contributed by atoms with Crippen LogP contribution in [0.15, 0.2) is 66.0 Å². The quantitative estimate of drug-likeness (QED) is 0.530. The molecule has 1 aromatic heterocycles. The van der Waals surface area contributed by atoms with Gasteiger partial charge in [-0.3, -0.25) is 9.78 Å². The van der Waals surface area contributed by atoms with Crippen molar-refractivity contribution in [1.82, 2.24) is 10.4 Å². The summed E-state index contributed by atoms with van der Waals surface area (Å²) in [5, 5.41) is 6.31. The van der Waals surface area contributed by atoms with E-state index in [4.69, 9.17) is 0 Å². The van der Waals surface area contributed by atoms with E-state index in [9.17, 15) is 4.79 Å². The Kier molecular flexibility index (Phi) is 4.71. The highest BCUT2D eigenvalue weighted by molar-refractivity contribution is 5.99. The molecule has 4 rings (SSSR count). The van der Waals surface area contributed by atoms with Gasteiger partial charge in [0.05, 0.1) is 6.21 Å². The number of fused-ring (bicyclic) bond motifs is 1. The Hall–Kier alpha value is -3.01. The maximum Gasteiger partial charge on any atom is 0.243 e. The Balaban J connectivity index is 1.38. The number of pyridine rings is 1. The number of carbonyl (C=O) groups excluding carboxylic acids is 1. The second-order valence-electron chi connectivity index (χ2n) is 8.50. The van der Waals surface area contributed by atoms with Crippen molar-refractivity contribution in [2.24, 2.45) is 11.0 Å². The second kappa shape index (κ2) is 7.19. The van der Waals surface area contributed by atoms with Crippen molar-refractivity contribution in [2.75, 3.05) is 0 Å². The molecule has 2 aromatic carbocycles. The van der Waals surface area contributed by atoms with Crippen LogP contribution in [0.2, 0.25) is 0 Å². The summed E-state index contributed by atoms with van der Waals surface area (Å²) < 4.78 is 0. The number of rotatable bonds is 4. The molecule has 0 bridgehead atoms. The van der Waals surface area contributed by atoms with Crippen molar-refractivity contribution < 1.29 is 4.79 Å². The Morgan fingerprint density at radius 3 is 2.68 bits per heavy atom. The van der Waals surface area contributed by atoms with E-state index in [1.54, 1.807) is 12.4 Å². The van der Waals surface area contributed by atoms with Gasteiger partial charge in [0.25, 0.3) is 0 Å². The first-order valence-corrected chi connectivity index (χ1v) is 9.69. The molecule has 3 aromatic rings. The molecule has 1 amide bonds. The first kappa shape index (κ1) is 18.4. The van der Waals surface area contributed by atoms with E-state index in [2.05, 4.69) is 60.5 Å². The summed E-state index contributed by atoms with van der Waals surface area (Å²) >= 11 is 0. The zero-order chi connectivity index (χ0) is 19.7. The van der Waals surface area contributed by atoms with Crippen LogP contribution in [-0.2, 0) is 10.2 Å². The highest BCUT2D eigenvalue weighted by Gasteiger charge is 2.43. The van der Waals surface area contributed by atoms with Gasteiger partial charge in [-0.2, -0.15) is 5.10 Å². The largest absolute Gasteiger partial charge is 0.273 e. The standard InChI is InChI=1S/C24H25N3O/c1-24(2,3)19-9-7-16(8-10-19)21-13-22(21)23(28)27-26-15-18-6-4-5-17-14-25-12-11-20(17)18/h4-12,14-15,21-22H,13H2,1-3H3,(H,27,28). The Morgan fingerprint density at radius 2 is 1.93 bits per heavy atom. The van der Waals surface area contributed by atoms with Gasteiger partial charge in [-0.1, -0.05) is 63.2 Å². The minimum Gasteiger partial charge on any atom is -0.273 e. The van der Waals surface area contributed by atoms with Gasteiger partial charge in [-0.05, 0) is 40.3 Å². The van der Waals surface area contributed by atoms with Crippen molar-refractivity contribution >= 4 is 22.9 Å². The Labute approximate surface area is 165 Å². The third-order valence-electron chi connectivity index (χ3n) is 5.42. The zero-order valence-corrected chi connectivity index (χ0v) is 16.5. The summed E-state index contributed by atoms with van der Waals surface area (Å²) in [6.07, 6.45) is 6.18. The molecule has 4 nitrogen and oxygen atoms in total. The molecule has 0 saturated heterocycles. The van der Waals surface area contributed by atoms with E-state index in [1.165, 1.54) is 11.1 Å². The predicted octanol–water partition coefficient (Wildman–Crippen LogP) is 4.79. The molecule has 1 saturated carbocycles. The van der Waals surface area contributed by atoms with Gasteiger partial charge < -0.3 is 0 Å². The summed E-state index contributed by atoms with van der Waals surface area (Å²) in [6.45, 7) is 6.62. The maximum absolute atomic E-state index is 12.4. The van der Waals surface area contributed by atoms with E-state index in [1.807, 2.05) is 30.5 Å². The van der Waals surface area contributed by atoms with Gasteiger partial charge in [-0.15, -0.1) is 0 Å². The third kappa shape index (κ3) is 3.81. The molecular weight excluding hydrogens is 346 g/mol. The van der Waals surface area contributed by atoms with E-state index in [-0.39, 0.29) is 17.2 Å². The highest BCUT2D eigenvalue weighted by atomic mass is 16.2. The third-order valence-corrected chi connectivity index (χ3v) is 5.42. The number of nitrogens with zero attached hydrogens (tertiary/aromatic N) is 2. The zero-order valence-electron chi connectivity index (χ0n) is 16.5. The Morgan fingerprint density at radius 1 is 1.14 bits per heavy atom. The lowest BCUT2D eigenvalue weighted by molar-refractivity contribution is -0.122. The lowest BCUT2D eigenvalue weighted by Crippen LogP contribution is -2.20. The number of nitrogens with one attached hydrogen (secondary N) is 1. The van der Waals surface area contributed by atoms with Crippen molar-refractivity contribution in [3.8, 4) is 0 Å². The lowest BCUT2D eigenvalue weighted by atomic mass is 9.86. The van der Waals surface area contributed by atoms with Crippen LogP contribution >= 0.6 is 0 Å². The summed E-state index contributed by atoms with van der Waals surface area (Å²) in [5.74, 6) is 0.297. The van der Waals surface area contributed by atoms with E-state index >= 15 is 0 Å². The number of hydrogen-bond donors (Lipinski definition) is 1. The summed E-state index contributed by atoms with van der Waals surface area (Å²) in [5.41, 5.74) is 6.36. The molecule has 1 fully saturated rings. The normalized spacial score (nSPS) is 19.1. The molecule has 4 heteroatoms. The molecule has 1 aliphatic carbocycles. The van der Waals surface area contributed by atoms with Crippen molar-refractivity contribution in [3.63, 3.8) is 0 Å². The first-order chi connectivity index (χ1) is 13.4. The fraction of sp³-hybridized carbons (Fsp3) is 0.292. The predicted molar refractivity (Wildman–Crippen MR) is 113 cm³/mol. The number of amides is 1. The molecular formula is C24H25N3O. The van der Waals surface area contributed by atoms with Gasteiger partial charge in [-0.25, -0.2) is 5.43 Å². The van der Waals surface area contributed by atoms with Crippen LogP contribution < -0.4 is 5.43 Å². The topological polar surface area (TPSA) is 54.4 Å². The molecule has 0 radical (unpaired) electrons. The smallest absolute Gasteiger partial charge is 0.243 e. The molecule has 142 valence electrons. The molecule has 2 atom stereocenters. The second-order valence-corrected chi connectivity index (χ2v) is 8.50. The minimum atomic E-state index is -0.0111. The van der Waals surface area contributed by atoms with Gasteiger partial charge in [0, 0.05) is 29.3 Å². The number of hydrogen-bond acceptors (Lipinski definition) is 3. The molecule has 1 heterocycles. The van der Waals surface area contributed by atoms with Crippen molar-refractivity contribution in [2.45, 2.75) is 38.5 Å². The van der Waals surface area contributed by atoms with Gasteiger partial charge >= 0.3 is 0 Å². The molecule has 0 aliphatic heterocycles. The molecule has 1 aliphatic rings. The van der Waals surface area contributed by atoms with Crippen LogP contribution in [0.5, 0.6) is 0 Å². The number of benzene rings is 2. The summed E-state index contributed by atoms with van der Waals surface area (Å²) in [7, 11) is 0. The lowest BCUT2D eigenvalue weighted by Gasteiger charge is -2.19. The molecule has 1 N–H and O–H groups in total. The van der Waals surface area contributed by atoms with E-state index < -0.39 is 0 Å². The SMILES string of the molecule is CC(C)(C)c1ccc(C2CC2C(=O)NN=Cc2cccc3cnccc23)cc1. The average molecular weight is 371 g/mol. The molecule has 28 heavy (non-hydrogen) atoms. The highest BCUT2D eigenvalue weighted by Crippen LogP contribution is 2.47. The first-order valence-electron chi connectivity index (χ1n) is 9.69. The monoisotopic (exact) mass is 371 g/mol. The summed E-state index contributed by atoms with van der Waals surface area (Å²) in [4.78, 5) is 16.6. The molecule has 0 spiro atoms. The Bertz CT molecular complexity index is 1030. The minimum absolute atomic E-state index is 0.00866. The van der Waals surface area contributed by atoms with Crippen LogP contribution in [0.25, 0.3) is 10.8 Å². The van der Waals surface area contributed by atoms with Crippen molar-refractivity contribution in [3.05, 3.63) is 77.6 Å². The molecule has 2 unspecified atom stereocenters. The van der Waals surface area contributed by atoms with Gasteiger partial charge in [0.1, 0.15) is 0 Å². The van der Waals surface area contributed by atoms with Crippen LogP contribution in [-0.4, -0.2) is 17.1 Å². The van der Waals surface area contributed by atoms with E-state index in [0.717, 1.165) is 22.8 Å². The van der Waals surface area contributed by atoms with Gasteiger partial charge in [0.15, 0.2) is 0 Å². The van der Waals surface area contributed by atoms with Crippen LogP contribution in [0.4, 0.5) is 0 Å². The fourth-order valence-electron chi connectivity index (χ4n) is 3.59. The van der Waals surface area contributed by atoms with Crippen molar-refractivity contribution in [1.29, 1.82) is 0 Å². The summed E-state index contributed by atoms with van der Waals surface area (Å²) in [6, 6.07) is 16.6. The fourth-order valence-corrected chi connectivity index (χ4v) is 3.59. The van der Waals surface area contributed by atoms with Gasteiger partial charge in [0.2, 0.25) is 5.91 Å². The number of aromatic nitrogens is 1. The van der Waals surface area contributed by atoms with Crippen LogP contribution in [0.3, 0.4) is 0 Å². The maximum atomic E-state index is 12.4. The van der Waals surface area contributed by atoms with E-state index in [0.29, 0.717) is 5.92 Å². The average Bonchev–Trinajstić information content (AvgIpc) is 3.48. The van der Waals surface area contributed by atoms with Crippen LogP contribution in [0, 0.1) is 5.92 Å². The number of carbonyl (C=O) groups is 1. The number of hydrazone groups is 1.